The molecule has 6 nitrogen and oxygen atoms in total. The van der Waals surface area contributed by atoms with Gasteiger partial charge in [0.1, 0.15) is 5.82 Å². The van der Waals surface area contributed by atoms with Gasteiger partial charge in [0.05, 0.1) is 5.75 Å². The van der Waals surface area contributed by atoms with Crippen molar-refractivity contribution in [3.63, 3.8) is 0 Å². The number of anilines is 1. The Morgan fingerprint density at radius 1 is 1.48 bits per heavy atom. The molecule has 0 fully saturated rings. The van der Waals surface area contributed by atoms with E-state index in [4.69, 9.17) is 0 Å². The van der Waals surface area contributed by atoms with Gasteiger partial charge in [-0.15, -0.1) is 5.10 Å². The normalized spacial score (nSPS) is 10.9. The van der Waals surface area contributed by atoms with Crippen LogP contribution in [0.5, 0.6) is 0 Å². The van der Waals surface area contributed by atoms with Crippen LogP contribution in [0.15, 0.2) is 29.4 Å². The van der Waals surface area contributed by atoms with Crippen LogP contribution < -0.4 is 5.32 Å². The lowest BCUT2D eigenvalue weighted by Crippen LogP contribution is -2.15. The van der Waals surface area contributed by atoms with E-state index in [9.17, 15) is 9.18 Å². The molecule has 0 aliphatic heterocycles. The molecule has 2 aromatic rings. The second kappa shape index (κ2) is 7.16. The van der Waals surface area contributed by atoms with Gasteiger partial charge in [0.15, 0.2) is 0 Å². The van der Waals surface area contributed by atoms with Gasteiger partial charge in [-0.05, 0) is 34.5 Å². The van der Waals surface area contributed by atoms with Crippen LogP contribution in [0, 0.1) is 11.7 Å². The molecule has 1 amide bonds. The van der Waals surface area contributed by atoms with Crippen molar-refractivity contribution in [2.75, 3.05) is 11.1 Å². The van der Waals surface area contributed by atoms with Crippen molar-refractivity contribution in [1.82, 2.24) is 20.2 Å². The van der Waals surface area contributed by atoms with E-state index in [1.807, 2.05) is 0 Å². The molecule has 1 N–H and O–H groups in total. The lowest BCUT2D eigenvalue weighted by Gasteiger charge is -2.07. The lowest BCUT2D eigenvalue weighted by molar-refractivity contribution is -0.113. The zero-order chi connectivity index (χ0) is 15.2. The average molecular weight is 309 g/mol. The predicted octanol–water partition coefficient (Wildman–Crippen LogP) is 2.20. The Hall–Kier alpha value is -1.96. The van der Waals surface area contributed by atoms with Crippen molar-refractivity contribution in [1.29, 1.82) is 0 Å². The van der Waals surface area contributed by atoms with E-state index in [-0.39, 0.29) is 17.5 Å². The fourth-order valence-corrected chi connectivity index (χ4v) is 2.34. The highest BCUT2D eigenvalue weighted by Gasteiger charge is 2.11. The largest absolute Gasteiger partial charge is 0.325 e. The van der Waals surface area contributed by atoms with Crippen LogP contribution in [0.3, 0.4) is 0 Å². The number of thioether (sulfide) groups is 1. The molecule has 1 heterocycles. The van der Waals surface area contributed by atoms with Crippen LogP contribution >= 0.6 is 11.8 Å². The Labute approximate surface area is 126 Å². The number of carbonyl (C=O) groups is 1. The third kappa shape index (κ3) is 4.82. The van der Waals surface area contributed by atoms with Crippen LogP contribution in [0.25, 0.3) is 0 Å². The highest BCUT2D eigenvalue weighted by molar-refractivity contribution is 7.99. The Morgan fingerprint density at radius 2 is 2.29 bits per heavy atom. The molecule has 0 atom stereocenters. The summed E-state index contributed by atoms with van der Waals surface area (Å²) in [6.07, 6.45) is 0. The van der Waals surface area contributed by atoms with Gasteiger partial charge < -0.3 is 5.32 Å². The lowest BCUT2D eigenvalue weighted by atomic mass is 10.2. The topological polar surface area (TPSA) is 72.7 Å². The van der Waals surface area contributed by atoms with Gasteiger partial charge in [0.25, 0.3) is 0 Å². The Morgan fingerprint density at radius 3 is 3.00 bits per heavy atom. The maximum Gasteiger partial charge on any atom is 0.234 e. The van der Waals surface area contributed by atoms with E-state index in [2.05, 4.69) is 34.7 Å². The standard InChI is InChI=1S/C13H16FN5OS/c1-9(2)7-19-13(16-17-18-19)21-8-12(20)15-11-5-3-4-10(14)6-11/h3-6,9H,7-8H2,1-2H3,(H,15,20). The summed E-state index contributed by atoms with van der Waals surface area (Å²) >= 11 is 1.25. The van der Waals surface area contributed by atoms with E-state index in [1.165, 1.54) is 23.9 Å². The molecule has 112 valence electrons. The van der Waals surface area contributed by atoms with Gasteiger partial charge in [-0.3, -0.25) is 4.79 Å². The third-order valence-electron chi connectivity index (χ3n) is 2.48. The maximum absolute atomic E-state index is 13.0. The summed E-state index contributed by atoms with van der Waals surface area (Å²) in [6.45, 7) is 4.82. The van der Waals surface area contributed by atoms with Gasteiger partial charge in [0, 0.05) is 12.2 Å². The van der Waals surface area contributed by atoms with Crippen molar-refractivity contribution in [2.24, 2.45) is 5.92 Å². The zero-order valence-corrected chi connectivity index (χ0v) is 12.6. The van der Waals surface area contributed by atoms with Gasteiger partial charge in [0.2, 0.25) is 11.1 Å². The first-order valence-corrected chi connectivity index (χ1v) is 7.47. The first-order valence-electron chi connectivity index (χ1n) is 6.49. The minimum atomic E-state index is -0.388. The molecule has 1 aromatic carbocycles. The summed E-state index contributed by atoms with van der Waals surface area (Å²) < 4.78 is 14.7. The number of nitrogens with one attached hydrogen (secondary N) is 1. The van der Waals surface area contributed by atoms with Crippen LogP contribution in [0.1, 0.15) is 13.8 Å². The molecule has 2 rings (SSSR count). The number of hydrogen-bond acceptors (Lipinski definition) is 5. The number of carbonyl (C=O) groups excluding carboxylic acids is 1. The van der Waals surface area contributed by atoms with E-state index in [0.29, 0.717) is 23.3 Å². The smallest absolute Gasteiger partial charge is 0.234 e. The van der Waals surface area contributed by atoms with Crippen molar-refractivity contribution >= 4 is 23.4 Å². The second-order valence-electron chi connectivity index (χ2n) is 4.88. The molecule has 8 heteroatoms. The average Bonchev–Trinajstić information content (AvgIpc) is 2.83. The molecule has 0 saturated carbocycles. The van der Waals surface area contributed by atoms with Crippen molar-refractivity contribution in [3.8, 4) is 0 Å². The van der Waals surface area contributed by atoms with Crippen molar-refractivity contribution < 1.29 is 9.18 Å². The van der Waals surface area contributed by atoms with Gasteiger partial charge in [-0.25, -0.2) is 9.07 Å². The summed E-state index contributed by atoms with van der Waals surface area (Å²) in [5, 5.41) is 14.6. The summed E-state index contributed by atoms with van der Waals surface area (Å²) in [5.41, 5.74) is 0.433. The third-order valence-corrected chi connectivity index (χ3v) is 3.43. The van der Waals surface area contributed by atoms with Crippen molar-refractivity contribution in [2.45, 2.75) is 25.5 Å². The molecule has 0 bridgehead atoms. The van der Waals surface area contributed by atoms with Gasteiger partial charge in [-0.1, -0.05) is 31.7 Å². The van der Waals surface area contributed by atoms with Crippen molar-refractivity contribution in [3.05, 3.63) is 30.1 Å². The fourth-order valence-electron chi connectivity index (χ4n) is 1.65. The minimum absolute atomic E-state index is 0.162. The molecule has 0 spiro atoms. The predicted molar refractivity (Wildman–Crippen MR) is 78.4 cm³/mol. The highest BCUT2D eigenvalue weighted by Crippen LogP contribution is 2.16. The first kappa shape index (κ1) is 15.4. The Bertz CT molecular complexity index is 616. The second-order valence-corrected chi connectivity index (χ2v) is 5.83. The van der Waals surface area contributed by atoms with Crippen LogP contribution in [0.4, 0.5) is 10.1 Å². The van der Waals surface area contributed by atoms with E-state index in [0.717, 1.165) is 0 Å². The molecule has 0 unspecified atom stereocenters. The maximum atomic E-state index is 13.0. The van der Waals surface area contributed by atoms with E-state index in [1.54, 1.807) is 16.8 Å². The number of amides is 1. The van der Waals surface area contributed by atoms with E-state index < -0.39 is 0 Å². The number of nitrogens with zero attached hydrogens (tertiary/aromatic N) is 4. The highest BCUT2D eigenvalue weighted by atomic mass is 32.2. The van der Waals surface area contributed by atoms with Crippen LogP contribution in [-0.2, 0) is 11.3 Å². The first-order chi connectivity index (χ1) is 10.0. The van der Waals surface area contributed by atoms with Crippen LogP contribution in [0.2, 0.25) is 0 Å². The molecule has 0 aliphatic rings. The van der Waals surface area contributed by atoms with Gasteiger partial charge >= 0.3 is 0 Å². The quantitative estimate of drug-likeness (QED) is 0.828. The summed E-state index contributed by atoms with van der Waals surface area (Å²) in [5.74, 6) is -0.0466. The number of tetrazole rings is 1. The molecular formula is C13H16FN5OS. The molecule has 21 heavy (non-hydrogen) atoms. The van der Waals surface area contributed by atoms with Crippen LogP contribution in [-0.4, -0.2) is 31.9 Å². The number of benzene rings is 1. The molecule has 0 saturated heterocycles. The monoisotopic (exact) mass is 309 g/mol. The number of rotatable bonds is 6. The number of hydrogen-bond donors (Lipinski definition) is 1. The summed E-state index contributed by atoms with van der Waals surface area (Å²) in [7, 11) is 0. The molecular weight excluding hydrogens is 293 g/mol. The Balaban J connectivity index is 1.88. The molecule has 1 aromatic heterocycles. The Kier molecular flexibility index (Phi) is 5.26. The fraction of sp³-hybridized carbons (Fsp3) is 0.385. The molecule has 0 aliphatic carbocycles. The number of halogens is 1. The minimum Gasteiger partial charge on any atom is -0.325 e. The van der Waals surface area contributed by atoms with E-state index >= 15 is 0 Å². The summed E-state index contributed by atoms with van der Waals surface area (Å²) in [4.78, 5) is 11.8. The van der Waals surface area contributed by atoms with Gasteiger partial charge in [-0.2, -0.15) is 0 Å². The SMILES string of the molecule is CC(C)Cn1nnnc1SCC(=O)Nc1cccc(F)c1. The zero-order valence-electron chi connectivity index (χ0n) is 11.8. The number of aromatic nitrogens is 4. The summed E-state index contributed by atoms with van der Waals surface area (Å²) in [6, 6.07) is 5.77. The molecule has 0 radical (unpaired) electrons.